The van der Waals surface area contributed by atoms with Gasteiger partial charge in [-0.2, -0.15) is 18.2 Å². The molecule has 258 valence electrons. The quantitative estimate of drug-likeness (QED) is 0.257. The second kappa shape index (κ2) is 13.7. The number of carbonyl (C=O) groups is 1. The number of benzene rings is 1. The Balaban J connectivity index is 1.57. The maximum Gasteiger partial charge on any atom is 0.407 e. The van der Waals surface area contributed by atoms with E-state index in [0.717, 1.165) is 0 Å². The topological polar surface area (TPSA) is 157 Å². The van der Waals surface area contributed by atoms with E-state index in [4.69, 9.17) is 4.74 Å². The largest absolute Gasteiger partial charge is 0.444 e. The number of sulfonamides is 1. The van der Waals surface area contributed by atoms with Crippen LogP contribution in [0.5, 0.6) is 0 Å². The van der Waals surface area contributed by atoms with Gasteiger partial charge in [0, 0.05) is 24.7 Å². The predicted molar refractivity (Wildman–Crippen MR) is 162 cm³/mol. The molecule has 12 nitrogen and oxygen atoms in total. The minimum Gasteiger partial charge on any atom is -0.444 e. The van der Waals surface area contributed by atoms with Gasteiger partial charge in [-0.1, -0.05) is 0 Å². The summed E-state index contributed by atoms with van der Waals surface area (Å²) in [5, 5.41) is 6.09. The Kier molecular flexibility index (Phi) is 10.4. The number of halogens is 5. The fourth-order valence-corrected chi connectivity index (χ4v) is 6.15. The molecule has 1 saturated carbocycles. The lowest BCUT2D eigenvalue weighted by atomic mass is 9.91. The third kappa shape index (κ3) is 9.12. The molecular formula is C29H36F5N7O5S. The number of ether oxygens (including phenoxy) is 1. The average Bonchev–Trinajstić information content (AvgIpc) is 2.92. The predicted octanol–water partition coefficient (Wildman–Crippen LogP) is 5.19. The number of fused-ring (bicyclic) bond motifs is 1. The van der Waals surface area contributed by atoms with Crippen molar-refractivity contribution < 1.29 is 39.9 Å². The highest BCUT2D eigenvalue weighted by molar-refractivity contribution is 7.89. The zero-order chi connectivity index (χ0) is 34.9. The van der Waals surface area contributed by atoms with Crippen LogP contribution >= 0.6 is 0 Å². The van der Waals surface area contributed by atoms with E-state index in [2.05, 4.69) is 25.6 Å². The number of amides is 1. The minimum atomic E-state index is -4.71. The molecule has 0 bridgehead atoms. The van der Waals surface area contributed by atoms with Crippen molar-refractivity contribution in [2.24, 2.45) is 0 Å². The molecule has 1 amide bonds. The average molecular weight is 690 g/mol. The highest BCUT2D eigenvalue weighted by Gasteiger charge is 2.30. The van der Waals surface area contributed by atoms with Gasteiger partial charge in [0.15, 0.2) is 5.65 Å². The molecule has 2 heterocycles. The fourth-order valence-electron chi connectivity index (χ4n) is 5.09. The van der Waals surface area contributed by atoms with Crippen molar-refractivity contribution in [3.8, 4) is 11.3 Å². The molecule has 1 aliphatic carbocycles. The first-order valence-corrected chi connectivity index (χ1v) is 16.3. The maximum atomic E-state index is 15.3. The minimum absolute atomic E-state index is 0.0217. The van der Waals surface area contributed by atoms with Crippen molar-refractivity contribution in [2.45, 2.75) is 102 Å². The van der Waals surface area contributed by atoms with E-state index in [1.54, 1.807) is 39.3 Å². The first-order valence-electron chi connectivity index (χ1n) is 14.9. The van der Waals surface area contributed by atoms with Crippen LogP contribution in [0.2, 0.25) is 0 Å². The van der Waals surface area contributed by atoms with Crippen molar-refractivity contribution in [3.05, 3.63) is 40.3 Å². The summed E-state index contributed by atoms with van der Waals surface area (Å²) in [4.78, 5) is 37.6. The lowest BCUT2D eigenvalue weighted by Gasteiger charge is -2.30. The Morgan fingerprint density at radius 1 is 1.04 bits per heavy atom. The van der Waals surface area contributed by atoms with E-state index >= 15 is 8.78 Å². The van der Waals surface area contributed by atoms with E-state index in [1.165, 1.54) is 10.8 Å². The Hall–Kier alpha value is -3.93. The normalized spacial score (nSPS) is 17.6. The number of hydrogen-bond acceptors (Lipinski definition) is 9. The Morgan fingerprint density at radius 3 is 2.19 bits per heavy atom. The standard InChI is InChI=1S/C29H36F5N7O5S/c1-15(2)41-24-21(14-35-26(40-24)37-16-6-8-17(9-7-16)38-27(43)46-28(3,4)5)39-23(25(41)42)22-19(30)12-18(13-20(22)31)47(44,45)36-11-10-29(32,33)34/h12-17,36H,6-11H2,1-5H3,(H,38,43)(H,35,37,40). The molecule has 1 aliphatic rings. The summed E-state index contributed by atoms with van der Waals surface area (Å²) in [7, 11) is -4.71. The second-order valence-corrected chi connectivity index (χ2v) is 14.3. The lowest BCUT2D eigenvalue weighted by Crippen LogP contribution is -2.42. The fraction of sp³-hybridized carbons (Fsp3) is 0.552. The number of aromatic nitrogens is 4. The van der Waals surface area contributed by atoms with Gasteiger partial charge in [0.1, 0.15) is 28.4 Å². The third-order valence-corrected chi connectivity index (χ3v) is 8.63. The van der Waals surface area contributed by atoms with E-state index in [1.807, 2.05) is 0 Å². The van der Waals surface area contributed by atoms with Gasteiger partial charge in [-0.05, 0) is 72.4 Å². The summed E-state index contributed by atoms with van der Waals surface area (Å²) in [5.41, 5.74) is -3.01. The van der Waals surface area contributed by atoms with Crippen LogP contribution < -0.4 is 20.9 Å². The number of anilines is 1. The molecule has 0 saturated heterocycles. The molecule has 47 heavy (non-hydrogen) atoms. The molecule has 0 spiro atoms. The first-order chi connectivity index (χ1) is 21.7. The number of nitrogens with zero attached hydrogens (tertiary/aromatic N) is 4. The highest BCUT2D eigenvalue weighted by atomic mass is 32.2. The van der Waals surface area contributed by atoms with E-state index < -0.39 is 80.2 Å². The van der Waals surface area contributed by atoms with Crippen molar-refractivity contribution in [1.82, 2.24) is 29.6 Å². The number of rotatable bonds is 9. The summed E-state index contributed by atoms with van der Waals surface area (Å²) in [6.07, 6.45) is -2.64. The summed E-state index contributed by atoms with van der Waals surface area (Å²) < 4.78 is 101. The summed E-state index contributed by atoms with van der Waals surface area (Å²) >= 11 is 0. The Bertz CT molecular complexity index is 1780. The molecule has 3 aromatic rings. The summed E-state index contributed by atoms with van der Waals surface area (Å²) in [6.45, 7) is 7.60. The van der Waals surface area contributed by atoms with Crippen LogP contribution in [0, 0.1) is 11.6 Å². The van der Waals surface area contributed by atoms with Gasteiger partial charge in [0.25, 0.3) is 5.56 Å². The van der Waals surface area contributed by atoms with Crippen LogP contribution in [-0.4, -0.2) is 64.4 Å². The van der Waals surface area contributed by atoms with Crippen molar-refractivity contribution in [2.75, 3.05) is 11.9 Å². The molecule has 0 aliphatic heterocycles. The van der Waals surface area contributed by atoms with Gasteiger partial charge in [0.2, 0.25) is 16.0 Å². The van der Waals surface area contributed by atoms with E-state index in [9.17, 15) is 31.2 Å². The van der Waals surface area contributed by atoms with Gasteiger partial charge in [0.05, 0.1) is 23.1 Å². The molecule has 18 heteroatoms. The van der Waals surface area contributed by atoms with Crippen LogP contribution in [0.4, 0.5) is 32.7 Å². The molecule has 1 fully saturated rings. The van der Waals surface area contributed by atoms with Crippen LogP contribution in [-0.2, 0) is 14.8 Å². The highest BCUT2D eigenvalue weighted by Crippen LogP contribution is 2.28. The number of hydrogen-bond donors (Lipinski definition) is 3. The van der Waals surface area contributed by atoms with Crippen LogP contribution in [0.1, 0.15) is 72.8 Å². The third-order valence-electron chi connectivity index (χ3n) is 7.19. The van der Waals surface area contributed by atoms with Gasteiger partial charge in [-0.15, -0.1) is 0 Å². The monoisotopic (exact) mass is 689 g/mol. The van der Waals surface area contributed by atoms with Crippen LogP contribution in [0.15, 0.2) is 28.0 Å². The number of carbonyl (C=O) groups excluding carboxylic acids is 1. The number of alkyl halides is 3. The van der Waals surface area contributed by atoms with Crippen molar-refractivity contribution >= 4 is 33.2 Å². The summed E-state index contributed by atoms with van der Waals surface area (Å²) in [6, 6.07) is 0.139. The van der Waals surface area contributed by atoms with Gasteiger partial charge in [-0.25, -0.2) is 36.7 Å². The molecule has 4 rings (SSSR count). The van der Waals surface area contributed by atoms with Crippen LogP contribution in [0.3, 0.4) is 0 Å². The second-order valence-electron chi connectivity index (χ2n) is 12.5. The smallest absolute Gasteiger partial charge is 0.407 e. The van der Waals surface area contributed by atoms with E-state index in [0.29, 0.717) is 37.8 Å². The number of nitrogens with one attached hydrogen (secondary N) is 3. The van der Waals surface area contributed by atoms with Gasteiger partial charge in [-0.3, -0.25) is 9.36 Å². The SMILES string of the molecule is CC(C)n1c(=O)c(-c2c(F)cc(S(=O)(=O)NCCC(F)(F)F)cc2F)nc2cnc(NC3CCC(NC(=O)OC(C)(C)C)CC3)nc21. The van der Waals surface area contributed by atoms with Gasteiger partial charge >= 0.3 is 12.3 Å². The maximum absolute atomic E-state index is 15.3. The first kappa shape index (κ1) is 35.9. The number of alkyl carbamates (subject to hydrolysis) is 1. The summed E-state index contributed by atoms with van der Waals surface area (Å²) in [5.74, 6) is -2.73. The molecule has 0 atom stereocenters. The molecular weight excluding hydrogens is 653 g/mol. The Labute approximate surface area is 267 Å². The van der Waals surface area contributed by atoms with Crippen LogP contribution in [0.25, 0.3) is 22.4 Å². The van der Waals surface area contributed by atoms with E-state index in [-0.39, 0.29) is 29.2 Å². The van der Waals surface area contributed by atoms with Gasteiger partial charge < -0.3 is 15.4 Å². The molecule has 0 unspecified atom stereocenters. The zero-order valence-electron chi connectivity index (χ0n) is 26.3. The molecule has 3 N–H and O–H groups in total. The van der Waals surface area contributed by atoms with Crippen molar-refractivity contribution in [3.63, 3.8) is 0 Å². The molecule has 0 radical (unpaired) electrons. The molecule has 1 aromatic carbocycles. The lowest BCUT2D eigenvalue weighted by molar-refractivity contribution is -0.132. The molecule has 2 aromatic heterocycles. The van der Waals surface area contributed by atoms with Crippen molar-refractivity contribution in [1.29, 1.82) is 0 Å². The zero-order valence-corrected chi connectivity index (χ0v) is 27.2. The Morgan fingerprint density at radius 2 is 1.64 bits per heavy atom.